The van der Waals surface area contributed by atoms with Gasteiger partial charge in [-0.3, -0.25) is 0 Å². The molecule has 0 fully saturated rings. The van der Waals surface area contributed by atoms with Gasteiger partial charge in [-0.1, -0.05) is 47.5 Å². The topological polar surface area (TPSA) is 35.2 Å². The Balaban J connectivity index is 1.93. The molecule has 0 aromatic heterocycles. The zero-order valence-corrected chi connectivity index (χ0v) is 14.0. The maximum atomic E-state index is 6.35. The zero-order valence-electron chi connectivity index (χ0n) is 12.5. The van der Waals surface area contributed by atoms with Crippen molar-refractivity contribution >= 4 is 23.2 Å². The normalized spacial score (nSPS) is 17.9. The van der Waals surface area contributed by atoms with Crippen LogP contribution in [0.25, 0.3) is 11.1 Å². The summed E-state index contributed by atoms with van der Waals surface area (Å²) in [6.07, 6.45) is 3.02. The van der Waals surface area contributed by atoms with E-state index in [9.17, 15) is 0 Å². The number of fused-ring (bicyclic) bond motifs is 1. The summed E-state index contributed by atoms with van der Waals surface area (Å²) in [4.78, 5) is 0. The summed E-state index contributed by atoms with van der Waals surface area (Å²) in [5.41, 5.74) is 8.87. The molecule has 1 heterocycles. The summed E-state index contributed by atoms with van der Waals surface area (Å²) in [6, 6.07) is 11.9. The van der Waals surface area contributed by atoms with Crippen LogP contribution in [0.1, 0.15) is 25.3 Å². The van der Waals surface area contributed by atoms with E-state index in [4.69, 9.17) is 33.7 Å². The Morgan fingerprint density at radius 2 is 1.86 bits per heavy atom. The number of para-hydroxylation sites is 1. The number of rotatable bonds is 4. The lowest BCUT2D eigenvalue weighted by Crippen LogP contribution is -2.20. The van der Waals surface area contributed by atoms with Crippen LogP contribution in [0.2, 0.25) is 10.0 Å². The molecule has 4 heteroatoms. The molecule has 0 radical (unpaired) electrons. The van der Waals surface area contributed by atoms with Gasteiger partial charge in [-0.05, 0) is 37.5 Å². The standard InChI is InChI=1S/C18H19Cl2NO/c1-11(21)8-9-13-10-12-4-2-5-14(18(12)22-13)17-15(19)6-3-7-16(17)20/h2-7,11,13H,8-10,21H2,1H3. The maximum Gasteiger partial charge on any atom is 0.130 e. The molecule has 1 aliphatic heterocycles. The minimum atomic E-state index is 0.184. The highest BCUT2D eigenvalue weighted by Gasteiger charge is 2.26. The van der Waals surface area contributed by atoms with E-state index in [1.54, 1.807) is 0 Å². The van der Waals surface area contributed by atoms with E-state index >= 15 is 0 Å². The van der Waals surface area contributed by atoms with Crippen LogP contribution in [0.4, 0.5) is 0 Å². The van der Waals surface area contributed by atoms with Gasteiger partial charge >= 0.3 is 0 Å². The van der Waals surface area contributed by atoms with E-state index in [0.717, 1.165) is 36.1 Å². The summed E-state index contributed by atoms with van der Waals surface area (Å²) in [6.45, 7) is 2.02. The number of benzene rings is 2. The highest BCUT2D eigenvalue weighted by molar-refractivity contribution is 6.39. The quantitative estimate of drug-likeness (QED) is 0.844. The van der Waals surface area contributed by atoms with E-state index in [1.165, 1.54) is 5.56 Å². The number of hydrogen-bond donors (Lipinski definition) is 1. The molecule has 0 aliphatic carbocycles. The fourth-order valence-corrected chi connectivity index (χ4v) is 3.50. The van der Waals surface area contributed by atoms with E-state index in [-0.39, 0.29) is 12.1 Å². The Bertz CT molecular complexity index is 665. The summed E-state index contributed by atoms with van der Waals surface area (Å²) < 4.78 is 6.18. The van der Waals surface area contributed by atoms with Crippen LogP contribution in [0.3, 0.4) is 0 Å². The Kier molecular flexibility index (Phi) is 4.62. The molecule has 0 saturated heterocycles. The average molecular weight is 336 g/mol. The predicted octanol–water partition coefficient (Wildman–Crippen LogP) is 5.09. The summed E-state index contributed by atoms with van der Waals surface area (Å²) in [5.74, 6) is 0.909. The van der Waals surface area contributed by atoms with Gasteiger partial charge in [-0.2, -0.15) is 0 Å². The molecule has 0 amide bonds. The van der Waals surface area contributed by atoms with Crippen molar-refractivity contribution in [2.24, 2.45) is 5.73 Å². The van der Waals surface area contributed by atoms with Gasteiger partial charge in [-0.25, -0.2) is 0 Å². The molecule has 2 aromatic rings. The summed E-state index contributed by atoms with van der Waals surface area (Å²) >= 11 is 12.7. The first-order valence-corrected chi connectivity index (χ1v) is 8.30. The lowest BCUT2D eigenvalue weighted by molar-refractivity contribution is 0.215. The molecular weight excluding hydrogens is 317 g/mol. The fourth-order valence-electron chi connectivity index (χ4n) is 2.90. The minimum absolute atomic E-state index is 0.184. The van der Waals surface area contributed by atoms with Crippen molar-refractivity contribution in [3.05, 3.63) is 52.0 Å². The van der Waals surface area contributed by atoms with Crippen molar-refractivity contribution in [3.8, 4) is 16.9 Å². The predicted molar refractivity (Wildman–Crippen MR) is 92.9 cm³/mol. The molecule has 116 valence electrons. The summed E-state index contributed by atoms with van der Waals surface area (Å²) in [5, 5.41) is 1.28. The lowest BCUT2D eigenvalue weighted by Gasteiger charge is -2.15. The van der Waals surface area contributed by atoms with Gasteiger partial charge in [-0.15, -0.1) is 0 Å². The molecule has 2 nitrogen and oxygen atoms in total. The Hall–Kier alpha value is -1.22. The SMILES string of the molecule is CC(N)CCC1Cc2cccc(-c3c(Cl)cccc3Cl)c2O1. The number of ether oxygens (including phenoxy) is 1. The Labute approximate surface area is 141 Å². The monoisotopic (exact) mass is 335 g/mol. The molecular formula is C18H19Cl2NO. The van der Waals surface area contributed by atoms with E-state index < -0.39 is 0 Å². The molecule has 2 atom stereocenters. The van der Waals surface area contributed by atoms with Crippen LogP contribution in [0, 0.1) is 0 Å². The van der Waals surface area contributed by atoms with Crippen molar-refractivity contribution in [1.82, 2.24) is 0 Å². The molecule has 0 saturated carbocycles. The second-order valence-electron chi connectivity index (χ2n) is 5.89. The molecule has 2 N–H and O–H groups in total. The molecule has 0 bridgehead atoms. The number of halogens is 2. The molecule has 22 heavy (non-hydrogen) atoms. The molecule has 2 aromatic carbocycles. The third-order valence-electron chi connectivity index (χ3n) is 4.00. The van der Waals surface area contributed by atoms with Crippen LogP contribution in [-0.2, 0) is 6.42 Å². The highest BCUT2D eigenvalue weighted by Crippen LogP contribution is 2.44. The molecule has 0 spiro atoms. The van der Waals surface area contributed by atoms with Crippen LogP contribution in [-0.4, -0.2) is 12.1 Å². The van der Waals surface area contributed by atoms with Crippen LogP contribution in [0.15, 0.2) is 36.4 Å². The summed E-state index contributed by atoms with van der Waals surface area (Å²) in [7, 11) is 0. The average Bonchev–Trinajstić information content (AvgIpc) is 2.88. The third kappa shape index (κ3) is 3.10. The molecule has 3 rings (SSSR count). The van der Waals surface area contributed by atoms with Gasteiger partial charge in [0, 0.05) is 23.6 Å². The maximum absolute atomic E-state index is 6.35. The molecule has 2 unspecified atom stereocenters. The van der Waals surface area contributed by atoms with Gasteiger partial charge in [0.25, 0.3) is 0 Å². The lowest BCUT2D eigenvalue weighted by atomic mass is 9.99. The Morgan fingerprint density at radius 3 is 2.55 bits per heavy atom. The van der Waals surface area contributed by atoms with Crippen molar-refractivity contribution in [1.29, 1.82) is 0 Å². The second-order valence-corrected chi connectivity index (χ2v) is 6.70. The van der Waals surface area contributed by atoms with Gasteiger partial charge < -0.3 is 10.5 Å². The fraction of sp³-hybridized carbons (Fsp3) is 0.333. The largest absolute Gasteiger partial charge is 0.489 e. The van der Waals surface area contributed by atoms with Crippen molar-refractivity contribution in [2.75, 3.05) is 0 Å². The smallest absolute Gasteiger partial charge is 0.130 e. The first-order valence-electron chi connectivity index (χ1n) is 7.54. The highest BCUT2D eigenvalue weighted by atomic mass is 35.5. The van der Waals surface area contributed by atoms with E-state index in [1.807, 2.05) is 37.3 Å². The third-order valence-corrected chi connectivity index (χ3v) is 4.63. The van der Waals surface area contributed by atoms with E-state index in [0.29, 0.717) is 10.0 Å². The number of hydrogen-bond acceptors (Lipinski definition) is 2. The van der Waals surface area contributed by atoms with E-state index in [2.05, 4.69) is 6.07 Å². The first kappa shape index (κ1) is 15.7. The van der Waals surface area contributed by atoms with Crippen molar-refractivity contribution in [3.63, 3.8) is 0 Å². The van der Waals surface area contributed by atoms with Crippen LogP contribution >= 0.6 is 23.2 Å². The van der Waals surface area contributed by atoms with Gasteiger partial charge in [0.15, 0.2) is 0 Å². The van der Waals surface area contributed by atoms with Gasteiger partial charge in [0.05, 0.1) is 10.0 Å². The van der Waals surface area contributed by atoms with Crippen LogP contribution in [0.5, 0.6) is 5.75 Å². The minimum Gasteiger partial charge on any atom is -0.489 e. The number of nitrogens with two attached hydrogens (primary N) is 1. The van der Waals surface area contributed by atoms with Crippen molar-refractivity contribution in [2.45, 2.75) is 38.3 Å². The molecule has 1 aliphatic rings. The zero-order chi connectivity index (χ0) is 15.7. The van der Waals surface area contributed by atoms with Gasteiger partial charge in [0.1, 0.15) is 11.9 Å². The van der Waals surface area contributed by atoms with Crippen LogP contribution < -0.4 is 10.5 Å². The van der Waals surface area contributed by atoms with Gasteiger partial charge in [0.2, 0.25) is 0 Å². The Morgan fingerprint density at radius 1 is 1.18 bits per heavy atom. The second kappa shape index (κ2) is 6.49. The van der Waals surface area contributed by atoms with Crippen molar-refractivity contribution < 1.29 is 4.74 Å². The first-order chi connectivity index (χ1) is 10.6.